The topological polar surface area (TPSA) is 118 Å². The van der Waals surface area contributed by atoms with Crippen molar-refractivity contribution in [1.82, 2.24) is 4.31 Å². The monoisotopic (exact) mass is 312 g/mol. The zero-order chi connectivity index (χ0) is 16.2. The van der Waals surface area contributed by atoms with Gasteiger partial charge in [0.05, 0.1) is 16.4 Å². The van der Waals surface area contributed by atoms with Gasteiger partial charge in [0.2, 0.25) is 10.0 Å². The van der Waals surface area contributed by atoms with E-state index < -0.39 is 34.0 Å². The second kappa shape index (κ2) is 6.34. The molecule has 0 aliphatic heterocycles. The summed E-state index contributed by atoms with van der Waals surface area (Å²) in [4.78, 5) is 20.5. The average Bonchev–Trinajstić information content (AvgIpc) is 2.37. The van der Waals surface area contributed by atoms with E-state index in [1.807, 2.05) is 0 Å². The van der Waals surface area contributed by atoms with E-state index in [1.165, 1.54) is 6.92 Å². The van der Waals surface area contributed by atoms with Gasteiger partial charge in [0.1, 0.15) is 6.54 Å². The van der Waals surface area contributed by atoms with Gasteiger partial charge >= 0.3 is 5.97 Å². The van der Waals surface area contributed by atoms with Gasteiger partial charge in [0.25, 0.3) is 5.69 Å². The van der Waals surface area contributed by atoms with Crippen LogP contribution in [0.5, 0.6) is 0 Å². The third-order valence-corrected chi connectivity index (χ3v) is 4.52. The number of nitro benzene ring substituents is 1. The van der Waals surface area contributed by atoms with Crippen LogP contribution in [0.1, 0.15) is 5.56 Å². The number of carbonyl (C=O) groups is 1. The number of aryl methyl sites for hydroxylation is 1. The van der Waals surface area contributed by atoms with E-state index in [-0.39, 0.29) is 16.1 Å². The Balaban J connectivity index is 3.31. The summed E-state index contributed by atoms with van der Waals surface area (Å²) in [6.45, 7) is 0.183. The molecule has 0 radical (unpaired) electrons. The standard InChI is InChI=1S/C12H12N2O6S/c1-3-6-13(8-12(15)16)21(19,20)11-5-4-10(14(17)18)7-9(11)2/h1,4-5,7H,6,8H2,2H3,(H,15,16). The molecule has 9 heteroatoms. The first-order chi connectivity index (χ1) is 9.70. The van der Waals surface area contributed by atoms with Crippen molar-refractivity contribution in [2.75, 3.05) is 13.1 Å². The Hall–Kier alpha value is -2.44. The highest BCUT2D eigenvalue weighted by Gasteiger charge is 2.28. The predicted octanol–water partition coefficient (Wildman–Crippen LogP) is 0.612. The van der Waals surface area contributed by atoms with Crippen LogP contribution >= 0.6 is 0 Å². The maximum absolute atomic E-state index is 12.4. The number of hydrogen-bond donors (Lipinski definition) is 1. The number of carboxylic acid groups (broad SMARTS) is 1. The van der Waals surface area contributed by atoms with Crippen LogP contribution < -0.4 is 0 Å². The summed E-state index contributed by atoms with van der Waals surface area (Å²) < 4.78 is 25.3. The van der Waals surface area contributed by atoms with Crippen molar-refractivity contribution < 1.29 is 23.2 Å². The number of nitro groups is 1. The van der Waals surface area contributed by atoms with Crippen molar-refractivity contribution in [3.05, 3.63) is 33.9 Å². The lowest BCUT2D eigenvalue weighted by molar-refractivity contribution is -0.385. The maximum atomic E-state index is 12.4. The van der Waals surface area contributed by atoms with Gasteiger partial charge in [-0.15, -0.1) is 6.42 Å². The predicted molar refractivity (Wildman–Crippen MR) is 73.1 cm³/mol. The van der Waals surface area contributed by atoms with Crippen molar-refractivity contribution in [3.63, 3.8) is 0 Å². The molecule has 0 unspecified atom stereocenters. The average molecular weight is 312 g/mol. The minimum atomic E-state index is -4.14. The molecule has 0 aliphatic carbocycles. The summed E-state index contributed by atoms with van der Waals surface area (Å²) in [5.74, 6) is 0.720. The molecule has 21 heavy (non-hydrogen) atoms. The minimum Gasteiger partial charge on any atom is -0.480 e. The molecular formula is C12H12N2O6S. The number of benzene rings is 1. The van der Waals surface area contributed by atoms with Crippen LogP contribution in [0.4, 0.5) is 5.69 Å². The first-order valence-corrected chi connectivity index (χ1v) is 7.04. The Morgan fingerprint density at radius 2 is 2.14 bits per heavy atom. The second-order valence-electron chi connectivity index (χ2n) is 4.08. The molecule has 0 fully saturated rings. The first-order valence-electron chi connectivity index (χ1n) is 5.60. The molecule has 0 spiro atoms. The lowest BCUT2D eigenvalue weighted by atomic mass is 10.2. The van der Waals surface area contributed by atoms with E-state index in [0.717, 1.165) is 18.2 Å². The molecule has 1 N–H and O–H groups in total. The molecule has 0 bridgehead atoms. The van der Waals surface area contributed by atoms with E-state index in [1.54, 1.807) is 0 Å². The summed E-state index contributed by atoms with van der Waals surface area (Å²) in [5, 5.41) is 19.4. The molecule has 112 valence electrons. The molecule has 0 aliphatic rings. The minimum absolute atomic E-state index is 0.136. The Bertz CT molecular complexity index is 720. The number of aliphatic carboxylic acids is 1. The van der Waals surface area contributed by atoms with Crippen molar-refractivity contribution in [3.8, 4) is 12.3 Å². The van der Waals surface area contributed by atoms with E-state index in [0.29, 0.717) is 4.31 Å². The Labute approximate surface area is 121 Å². The van der Waals surface area contributed by atoms with Crippen molar-refractivity contribution in [2.45, 2.75) is 11.8 Å². The molecule has 1 aromatic carbocycles. The van der Waals surface area contributed by atoms with Gasteiger partial charge < -0.3 is 5.11 Å². The third kappa shape index (κ3) is 3.77. The Morgan fingerprint density at radius 3 is 2.57 bits per heavy atom. The maximum Gasteiger partial charge on any atom is 0.318 e. The largest absolute Gasteiger partial charge is 0.480 e. The fourth-order valence-corrected chi connectivity index (χ4v) is 3.16. The van der Waals surface area contributed by atoms with E-state index >= 15 is 0 Å². The molecule has 0 atom stereocenters. The molecule has 0 amide bonds. The third-order valence-electron chi connectivity index (χ3n) is 2.57. The quantitative estimate of drug-likeness (QED) is 0.467. The van der Waals surface area contributed by atoms with E-state index in [4.69, 9.17) is 11.5 Å². The first kappa shape index (κ1) is 16.6. The Morgan fingerprint density at radius 1 is 1.52 bits per heavy atom. The number of sulfonamides is 1. The van der Waals surface area contributed by atoms with Gasteiger partial charge in [-0.2, -0.15) is 4.31 Å². The van der Waals surface area contributed by atoms with Crippen LogP contribution in [0.2, 0.25) is 0 Å². The number of terminal acetylenes is 1. The molecule has 8 nitrogen and oxygen atoms in total. The normalized spacial score (nSPS) is 11.1. The molecule has 0 heterocycles. The molecular weight excluding hydrogens is 300 g/mol. The van der Waals surface area contributed by atoms with Crippen molar-refractivity contribution in [1.29, 1.82) is 0 Å². The summed E-state index contributed by atoms with van der Waals surface area (Å²) >= 11 is 0. The van der Waals surface area contributed by atoms with Crippen LogP contribution in [0.15, 0.2) is 23.1 Å². The number of nitrogens with zero attached hydrogens (tertiary/aromatic N) is 2. The lowest BCUT2D eigenvalue weighted by Crippen LogP contribution is -2.36. The van der Waals surface area contributed by atoms with E-state index in [9.17, 15) is 23.3 Å². The number of carboxylic acids is 1. The van der Waals surface area contributed by atoms with Crippen LogP contribution in [0, 0.1) is 29.4 Å². The van der Waals surface area contributed by atoms with Gasteiger partial charge in [-0.1, -0.05) is 5.92 Å². The Kier molecular flexibility index (Phi) is 5.02. The van der Waals surface area contributed by atoms with E-state index in [2.05, 4.69) is 5.92 Å². The van der Waals surface area contributed by atoms with Gasteiger partial charge in [-0.3, -0.25) is 14.9 Å². The smallest absolute Gasteiger partial charge is 0.318 e. The highest BCUT2D eigenvalue weighted by molar-refractivity contribution is 7.89. The summed E-state index contributed by atoms with van der Waals surface area (Å²) in [6, 6.07) is 3.20. The van der Waals surface area contributed by atoms with Crippen molar-refractivity contribution >= 4 is 21.7 Å². The van der Waals surface area contributed by atoms with Crippen molar-refractivity contribution in [2.24, 2.45) is 0 Å². The fraction of sp³-hybridized carbons (Fsp3) is 0.250. The van der Waals surface area contributed by atoms with Crippen LogP contribution in [-0.4, -0.2) is 41.8 Å². The number of non-ortho nitro benzene ring substituents is 1. The van der Waals surface area contributed by atoms with Gasteiger partial charge in [-0.05, 0) is 18.6 Å². The molecule has 1 aromatic rings. The molecule has 0 aromatic heterocycles. The molecule has 0 saturated heterocycles. The zero-order valence-electron chi connectivity index (χ0n) is 11.0. The summed E-state index contributed by atoms with van der Waals surface area (Å²) in [6.07, 6.45) is 5.04. The lowest BCUT2D eigenvalue weighted by Gasteiger charge is -2.18. The molecule has 0 saturated carbocycles. The van der Waals surface area contributed by atoms with Gasteiger partial charge in [0.15, 0.2) is 0 Å². The summed E-state index contributed by atoms with van der Waals surface area (Å²) in [5.41, 5.74) is -0.121. The zero-order valence-corrected chi connectivity index (χ0v) is 11.8. The van der Waals surface area contributed by atoms with Crippen LogP contribution in [-0.2, 0) is 14.8 Å². The van der Waals surface area contributed by atoms with Gasteiger partial charge in [0, 0.05) is 12.1 Å². The SMILES string of the molecule is C#CCN(CC(=O)O)S(=O)(=O)c1ccc([N+](=O)[O-])cc1C. The van der Waals surface area contributed by atoms with Crippen LogP contribution in [0.3, 0.4) is 0 Å². The second-order valence-corrected chi connectivity index (χ2v) is 5.98. The highest BCUT2D eigenvalue weighted by atomic mass is 32.2. The van der Waals surface area contributed by atoms with Gasteiger partial charge in [-0.25, -0.2) is 8.42 Å². The number of rotatable bonds is 6. The number of hydrogen-bond acceptors (Lipinski definition) is 5. The fourth-order valence-electron chi connectivity index (χ4n) is 1.65. The molecule has 1 rings (SSSR count). The highest BCUT2D eigenvalue weighted by Crippen LogP contribution is 2.23. The van der Waals surface area contributed by atoms with Crippen LogP contribution in [0.25, 0.3) is 0 Å². The summed E-state index contributed by atoms with van der Waals surface area (Å²) in [7, 11) is -4.14.